The summed E-state index contributed by atoms with van der Waals surface area (Å²) in [6.07, 6.45) is 0.797. The van der Waals surface area contributed by atoms with Crippen molar-refractivity contribution in [2.45, 2.75) is 13.3 Å². The van der Waals surface area contributed by atoms with Crippen molar-refractivity contribution in [3.63, 3.8) is 0 Å². The van der Waals surface area contributed by atoms with Gasteiger partial charge in [0.1, 0.15) is 0 Å². The molecule has 0 saturated heterocycles. The largest absolute Gasteiger partial charge is 0.493 e. The van der Waals surface area contributed by atoms with Gasteiger partial charge in [-0.1, -0.05) is 49.4 Å². The number of hydrogen-bond acceptors (Lipinski definition) is 6. The van der Waals surface area contributed by atoms with Crippen LogP contribution in [0.3, 0.4) is 0 Å². The molecule has 36 heavy (non-hydrogen) atoms. The summed E-state index contributed by atoms with van der Waals surface area (Å²) in [4.78, 5) is 37.8. The summed E-state index contributed by atoms with van der Waals surface area (Å²) in [5.74, 6) is -0.596. The molecule has 0 bridgehead atoms. The SMILES string of the molecule is COc1cc(NC(=O)C2CC2C)c(C(=O)OCC(=O)Nc2ccc(-c3ccccc3)cc2)cc1OC. The Kier molecular flexibility index (Phi) is 7.53. The van der Waals surface area contributed by atoms with E-state index in [1.807, 2.05) is 49.4 Å². The van der Waals surface area contributed by atoms with E-state index in [9.17, 15) is 14.4 Å². The summed E-state index contributed by atoms with van der Waals surface area (Å²) in [5.41, 5.74) is 2.96. The van der Waals surface area contributed by atoms with E-state index in [1.165, 1.54) is 26.4 Å². The van der Waals surface area contributed by atoms with E-state index in [1.54, 1.807) is 12.1 Å². The fourth-order valence-electron chi connectivity index (χ4n) is 3.85. The Balaban J connectivity index is 1.41. The quantitative estimate of drug-likeness (QED) is 0.421. The Hall–Kier alpha value is -4.33. The van der Waals surface area contributed by atoms with Gasteiger partial charge in [-0.15, -0.1) is 0 Å². The smallest absolute Gasteiger partial charge is 0.340 e. The van der Waals surface area contributed by atoms with Gasteiger partial charge in [-0.3, -0.25) is 9.59 Å². The second-order valence-corrected chi connectivity index (χ2v) is 8.63. The summed E-state index contributed by atoms with van der Waals surface area (Å²) in [7, 11) is 2.90. The molecule has 0 aromatic heterocycles. The number of carbonyl (C=O) groups excluding carboxylic acids is 3. The molecule has 2 unspecified atom stereocenters. The highest BCUT2D eigenvalue weighted by atomic mass is 16.5. The molecule has 0 radical (unpaired) electrons. The van der Waals surface area contributed by atoms with Gasteiger partial charge in [0, 0.05) is 23.7 Å². The predicted octanol–water partition coefficient (Wildman–Crippen LogP) is 4.76. The van der Waals surface area contributed by atoms with Crippen molar-refractivity contribution in [1.29, 1.82) is 0 Å². The van der Waals surface area contributed by atoms with Gasteiger partial charge >= 0.3 is 5.97 Å². The molecule has 186 valence electrons. The summed E-state index contributed by atoms with van der Waals surface area (Å²) in [6.45, 7) is 1.49. The molecule has 3 aromatic rings. The predicted molar refractivity (Wildman–Crippen MR) is 136 cm³/mol. The Labute approximate surface area is 209 Å². The van der Waals surface area contributed by atoms with Crippen molar-refractivity contribution in [3.05, 3.63) is 72.3 Å². The van der Waals surface area contributed by atoms with Crippen molar-refractivity contribution in [1.82, 2.24) is 0 Å². The molecule has 8 nitrogen and oxygen atoms in total. The van der Waals surface area contributed by atoms with E-state index in [2.05, 4.69) is 10.6 Å². The van der Waals surface area contributed by atoms with Crippen LogP contribution >= 0.6 is 0 Å². The summed E-state index contributed by atoms with van der Waals surface area (Å²) >= 11 is 0. The maximum absolute atomic E-state index is 12.9. The number of amides is 2. The van der Waals surface area contributed by atoms with Crippen LogP contribution in [0.25, 0.3) is 11.1 Å². The second-order valence-electron chi connectivity index (χ2n) is 8.63. The van der Waals surface area contributed by atoms with Gasteiger partial charge in [-0.2, -0.15) is 0 Å². The average molecular weight is 489 g/mol. The minimum atomic E-state index is -0.773. The summed E-state index contributed by atoms with van der Waals surface area (Å²) in [5, 5.41) is 5.49. The molecule has 2 amide bonds. The van der Waals surface area contributed by atoms with E-state index >= 15 is 0 Å². The first-order valence-electron chi connectivity index (χ1n) is 11.6. The van der Waals surface area contributed by atoms with E-state index < -0.39 is 18.5 Å². The lowest BCUT2D eigenvalue weighted by Crippen LogP contribution is -2.22. The molecule has 1 fully saturated rings. The van der Waals surface area contributed by atoms with E-state index in [-0.39, 0.29) is 23.1 Å². The highest BCUT2D eigenvalue weighted by molar-refractivity contribution is 6.04. The van der Waals surface area contributed by atoms with Crippen molar-refractivity contribution in [2.75, 3.05) is 31.5 Å². The van der Waals surface area contributed by atoms with Gasteiger partial charge in [-0.25, -0.2) is 4.79 Å². The van der Waals surface area contributed by atoms with Crippen LogP contribution in [0.1, 0.15) is 23.7 Å². The molecule has 1 aliphatic rings. The van der Waals surface area contributed by atoms with Crippen LogP contribution in [0.15, 0.2) is 66.7 Å². The van der Waals surface area contributed by atoms with Crippen LogP contribution in [0, 0.1) is 11.8 Å². The molecule has 8 heteroatoms. The minimum Gasteiger partial charge on any atom is -0.493 e. The molecule has 2 atom stereocenters. The maximum Gasteiger partial charge on any atom is 0.340 e. The van der Waals surface area contributed by atoms with Crippen molar-refractivity contribution in [2.24, 2.45) is 11.8 Å². The van der Waals surface area contributed by atoms with Gasteiger partial charge in [-0.05, 0) is 35.6 Å². The van der Waals surface area contributed by atoms with Crippen molar-refractivity contribution in [3.8, 4) is 22.6 Å². The molecule has 1 saturated carbocycles. The summed E-state index contributed by atoms with van der Waals surface area (Å²) < 4.78 is 15.8. The number of methoxy groups -OCH3 is 2. The van der Waals surface area contributed by atoms with Gasteiger partial charge in [0.15, 0.2) is 18.1 Å². The molecule has 0 heterocycles. The van der Waals surface area contributed by atoms with Gasteiger partial charge in [0.2, 0.25) is 5.91 Å². The highest BCUT2D eigenvalue weighted by Gasteiger charge is 2.39. The molecular weight excluding hydrogens is 460 g/mol. The molecule has 0 aliphatic heterocycles. The number of esters is 1. The number of carbonyl (C=O) groups is 3. The lowest BCUT2D eigenvalue weighted by atomic mass is 10.1. The third kappa shape index (κ3) is 5.83. The number of anilines is 2. The monoisotopic (exact) mass is 488 g/mol. The third-order valence-corrected chi connectivity index (χ3v) is 6.06. The lowest BCUT2D eigenvalue weighted by Gasteiger charge is -2.15. The third-order valence-electron chi connectivity index (χ3n) is 6.06. The molecule has 2 N–H and O–H groups in total. The summed E-state index contributed by atoms with van der Waals surface area (Å²) in [6, 6.07) is 20.2. The van der Waals surface area contributed by atoms with Crippen molar-refractivity contribution < 1.29 is 28.6 Å². The van der Waals surface area contributed by atoms with Gasteiger partial charge < -0.3 is 24.8 Å². The van der Waals surface area contributed by atoms with Crippen molar-refractivity contribution >= 4 is 29.2 Å². The molecule has 0 spiro atoms. The minimum absolute atomic E-state index is 0.0642. The topological polar surface area (TPSA) is 103 Å². The second kappa shape index (κ2) is 10.9. The van der Waals surface area contributed by atoms with Crippen LogP contribution in [0.5, 0.6) is 11.5 Å². The molecular formula is C28H28N2O6. The average Bonchev–Trinajstić information content (AvgIpc) is 3.64. The fourth-order valence-corrected chi connectivity index (χ4v) is 3.85. The van der Waals surface area contributed by atoms with Gasteiger partial charge in [0.25, 0.3) is 5.91 Å². The van der Waals surface area contributed by atoms with Crippen LogP contribution in [0.2, 0.25) is 0 Å². The van der Waals surface area contributed by atoms with E-state index in [4.69, 9.17) is 14.2 Å². The first-order chi connectivity index (χ1) is 17.4. The first-order valence-corrected chi connectivity index (χ1v) is 11.6. The number of nitrogens with one attached hydrogen (secondary N) is 2. The Morgan fingerprint density at radius 1 is 0.861 bits per heavy atom. The van der Waals surface area contributed by atoms with Crippen LogP contribution in [-0.4, -0.2) is 38.6 Å². The first kappa shape index (κ1) is 24.8. The fraction of sp³-hybridized carbons (Fsp3) is 0.250. The molecule has 4 rings (SSSR count). The van der Waals surface area contributed by atoms with Crippen LogP contribution in [0.4, 0.5) is 11.4 Å². The Bertz CT molecular complexity index is 1260. The number of rotatable bonds is 9. The standard InChI is InChI=1S/C28H28N2O6/c1-17-13-21(17)27(32)30-23-15-25(35-3)24(34-2)14-22(23)28(33)36-16-26(31)29-20-11-9-19(10-12-20)18-7-5-4-6-8-18/h4-12,14-15,17,21H,13,16H2,1-3H3,(H,29,31)(H,30,32). The lowest BCUT2D eigenvalue weighted by molar-refractivity contribution is -0.119. The Morgan fingerprint density at radius 3 is 2.08 bits per heavy atom. The molecule has 1 aliphatic carbocycles. The zero-order valence-corrected chi connectivity index (χ0v) is 20.4. The number of ether oxygens (including phenoxy) is 3. The van der Waals surface area contributed by atoms with Crippen LogP contribution in [-0.2, 0) is 14.3 Å². The number of benzene rings is 3. The Morgan fingerprint density at radius 2 is 1.47 bits per heavy atom. The maximum atomic E-state index is 12.9. The van der Waals surface area contributed by atoms with Gasteiger partial charge in [0.05, 0.1) is 25.5 Å². The zero-order valence-electron chi connectivity index (χ0n) is 20.4. The van der Waals surface area contributed by atoms with E-state index in [0.29, 0.717) is 23.1 Å². The highest BCUT2D eigenvalue weighted by Crippen LogP contribution is 2.40. The number of hydrogen-bond donors (Lipinski definition) is 2. The zero-order chi connectivity index (χ0) is 25.7. The molecule has 3 aromatic carbocycles. The normalized spacial score (nSPS) is 16.0. The van der Waals surface area contributed by atoms with Crippen LogP contribution < -0.4 is 20.1 Å². The van der Waals surface area contributed by atoms with E-state index in [0.717, 1.165) is 17.5 Å².